The predicted molar refractivity (Wildman–Crippen MR) is 101 cm³/mol. The van der Waals surface area contributed by atoms with Gasteiger partial charge in [-0.3, -0.25) is 15.1 Å². The number of aromatic nitrogens is 1. The van der Waals surface area contributed by atoms with Crippen molar-refractivity contribution < 1.29 is 4.92 Å². The van der Waals surface area contributed by atoms with Crippen molar-refractivity contribution in [3.05, 3.63) is 70.9 Å². The quantitative estimate of drug-likeness (QED) is 0.542. The van der Waals surface area contributed by atoms with Crippen molar-refractivity contribution in [3.63, 3.8) is 0 Å². The summed E-state index contributed by atoms with van der Waals surface area (Å²) in [6, 6.07) is 17.2. The van der Waals surface area contributed by atoms with Crippen LogP contribution in [0.15, 0.2) is 60.8 Å². The van der Waals surface area contributed by atoms with Crippen LogP contribution in [0.5, 0.6) is 0 Å². The van der Waals surface area contributed by atoms with Gasteiger partial charge < -0.3 is 10.2 Å². The maximum atomic E-state index is 11.6. The molecule has 0 aliphatic rings. The molecule has 2 aromatic carbocycles. The standard InChI is InChI=1S/C19H20N4O2/c1-14(22(2)15-7-4-3-5-8-15)13-21-18-11-10-17-16(9-6-12-20-17)19(18)23(24)25/h3-12,14,21H,13H2,1-2H3/t14-/m1/s1. The molecule has 128 valence electrons. The summed E-state index contributed by atoms with van der Waals surface area (Å²) in [5.74, 6) is 0. The van der Waals surface area contributed by atoms with E-state index in [2.05, 4.69) is 22.1 Å². The molecule has 0 aliphatic heterocycles. The number of nitrogens with one attached hydrogen (secondary N) is 1. The molecule has 0 amide bonds. The number of hydrogen-bond acceptors (Lipinski definition) is 5. The summed E-state index contributed by atoms with van der Waals surface area (Å²) >= 11 is 0. The Morgan fingerprint density at radius 3 is 2.64 bits per heavy atom. The third kappa shape index (κ3) is 3.52. The summed E-state index contributed by atoms with van der Waals surface area (Å²) in [6.07, 6.45) is 1.63. The molecule has 1 atom stereocenters. The Balaban J connectivity index is 1.81. The van der Waals surface area contributed by atoms with Gasteiger partial charge in [-0.15, -0.1) is 0 Å². The van der Waals surface area contributed by atoms with E-state index in [9.17, 15) is 10.1 Å². The molecule has 0 aliphatic carbocycles. The first-order valence-electron chi connectivity index (χ1n) is 8.12. The number of hydrogen-bond donors (Lipinski definition) is 1. The topological polar surface area (TPSA) is 71.3 Å². The number of rotatable bonds is 6. The smallest absolute Gasteiger partial charge is 0.301 e. The molecule has 0 saturated heterocycles. The second-order valence-electron chi connectivity index (χ2n) is 5.97. The first kappa shape index (κ1) is 16.7. The Labute approximate surface area is 146 Å². The second-order valence-corrected chi connectivity index (χ2v) is 5.97. The molecule has 0 radical (unpaired) electrons. The number of fused-ring (bicyclic) bond motifs is 1. The number of anilines is 2. The lowest BCUT2D eigenvalue weighted by Crippen LogP contribution is -2.34. The fraction of sp³-hybridized carbons (Fsp3) is 0.211. The van der Waals surface area contributed by atoms with E-state index in [1.807, 2.05) is 37.4 Å². The Morgan fingerprint density at radius 1 is 1.16 bits per heavy atom. The van der Waals surface area contributed by atoms with Gasteiger partial charge in [-0.25, -0.2) is 0 Å². The Morgan fingerprint density at radius 2 is 1.92 bits per heavy atom. The van der Waals surface area contributed by atoms with Crippen molar-refractivity contribution in [2.24, 2.45) is 0 Å². The molecular weight excluding hydrogens is 316 g/mol. The molecule has 0 unspecified atom stereocenters. The zero-order valence-corrected chi connectivity index (χ0v) is 14.2. The highest BCUT2D eigenvalue weighted by atomic mass is 16.6. The number of likely N-dealkylation sites (N-methyl/N-ethyl adjacent to an activating group) is 1. The molecule has 1 aromatic heterocycles. The molecule has 0 spiro atoms. The van der Waals surface area contributed by atoms with Gasteiger partial charge in [0.25, 0.3) is 0 Å². The van der Waals surface area contributed by atoms with E-state index in [1.165, 1.54) is 0 Å². The fourth-order valence-electron chi connectivity index (χ4n) is 2.79. The van der Waals surface area contributed by atoms with Gasteiger partial charge in [0, 0.05) is 31.5 Å². The van der Waals surface area contributed by atoms with Crippen molar-refractivity contribution in [1.82, 2.24) is 4.98 Å². The van der Waals surface area contributed by atoms with Crippen LogP contribution in [-0.2, 0) is 0 Å². The van der Waals surface area contributed by atoms with E-state index in [0.29, 0.717) is 23.1 Å². The summed E-state index contributed by atoms with van der Waals surface area (Å²) in [5, 5.41) is 15.3. The van der Waals surface area contributed by atoms with Gasteiger partial charge in [0.2, 0.25) is 0 Å². The van der Waals surface area contributed by atoms with Crippen LogP contribution in [0.4, 0.5) is 17.1 Å². The second kappa shape index (κ2) is 7.17. The van der Waals surface area contributed by atoms with Gasteiger partial charge >= 0.3 is 5.69 Å². The molecule has 0 saturated carbocycles. The van der Waals surface area contributed by atoms with Gasteiger partial charge in [0.15, 0.2) is 0 Å². The predicted octanol–water partition coefficient (Wildman–Crippen LogP) is 4.08. The monoisotopic (exact) mass is 336 g/mol. The van der Waals surface area contributed by atoms with Crippen LogP contribution in [0, 0.1) is 10.1 Å². The van der Waals surface area contributed by atoms with Crippen LogP contribution in [0.1, 0.15) is 6.92 Å². The molecule has 6 nitrogen and oxygen atoms in total. The van der Waals surface area contributed by atoms with E-state index in [0.717, 1.165) is 5.69 Å². The summed E-state index contributed by atoms with van der Waals surface area (Å²) in [5.41, 5.74) is 2.31. The lowest BCUT2D eigenvalue weighted by atomic mass is 10.1. The summed E-state index contributed by atoms with van der Waals surface area (Å²) in [6.45, 7) is 2.66. The van der Waals surface area contributed by atoms with Crippen molar-refractivity contribution in [3.8, 4) is 0 Å². The molecule has 3 rings (SSSR count). The summed E-state index contributed by atoms with van der Waals surface area (Å²) in [7, 11) is 2.01. The van der Waals surface area contributed by atoms with Gasteiger partial charge in [-0.2, -0.15) is 0 Å². The molecule has 0 bridgehead atoms. The third-order valence-corrected chi connectivity index (χ3v) is 4.35. The van der Waals surface area contributed by atoms with Crippen LogP contribution >= 0.6 is 0 Å². The molecule has 25 heavy (non-hydrogen) atoms. The van der Waals surface area contributed by atoms with Crippen molar-refractivity contribution >= 4 is 28.0 Å². The number of benzene rings is 2. The summed E-state index contributed by atoms with van der Waals surface area (Å²) < 4.78 is 0. The molecular formula is C19H20N4O2. The lowest BCUT2D eigenvalue weighted by molar-refractivity contribution is -0.382. The number of para-hydroxylation sites is 1. The van der Waals surface area contributed by atoms with Crippen LogP contribution in [-0.4, -0.2) is 29.5 Å². The van der Waals surface area contributed by atoms with Gasteiger partial charge in [0.1, 0.15) is 5.69 Å². The molecule has 6 heteroatoms. The maximum absolute atomic E-state index is 11.6. The minimum absolute atomic E-state index is 0.0696. The van der Waals surface area contributed by atoms with Crippen LogP contribution in [0.25, 0.3) is 10.9 Å². The highest BCUT2D eigenvalue weighted by Gasteiger charge is 2.19. The first-order chi connectivity index (χ1) is 12.1. The van der Waals surface area contributed by atoms with Crippen molar-refractivity contribution in [2.75, 3.05) is 23.8 Å². The van der Waals surface area contributed by atoms with Crippen LogP contribution in [0.2, 0.25) is 0 Å². The highest BCUT2D eigenvalue weighted by Crippen LogP contribution is 2.32. The average Bonchev–Trinajstić information content (AvgIpc) is 2.65. The fourth-order valence-corrected chi connectivity index (χ4v) is 2.79. The summed E-state index contributed by atoms with van der Waals surface area (Å²) in [4.78, 5) is 17.5. The zero-order chi connectivity index (χ0) is 17.8. The third-order valence-electron chi connectivity index (χ3n) is 4.35. The number of nitro benzene ring substituents is 1. The van der Waals surface area contributed by atoms with Crippen molar-refractivity contribution in [2.45, 2.75) is 13.0 Å². The largest absolute Gasteiger partial charge is 0.377 e. The van der Waals surface area contributed by atoms with E-state index >= 15 is 0 Å². The maximum Gasteiger partial charge on any atom is 0.301 e. The molecule has 1 N–H and O–H groups in total. The van der Waals surface area contributed by atoms with Crippen LogP contribution in [0.3, 0.4) is 0 Å². The molecule has 3 aromatic rings. The highest BCUT2D eigenvalue weighted by molar-refractivity contribution is 5.94. The van der Waals surface area contributed by atoms with Gasteiger partial charge in [-0.1, -0.05) is 18.2 Å². The zero-order valence-electron chi connectivity index (χ0n) is 14.2. The first-order valence-corrected chi connectivity index (χ1v) is 8.12. The Bertz CT molecular complexity index is 883. The lowest BCUT2D eigenvalue weighted by Gasteiger charge is -2.27. The number of nitrogens with zero attached hydrogens (tertiary/aromatic N) is 3. The number of nitro groups is 1. The van der Waals surface area contributed by atoms with Crippen molar-refractivity contribution in [1.29, 1.82) is 0 Å². The van der Waals surface area contributed by atoms with E-state index in [-0.39, 0.29) is 16.7 Å². The van der Waals surface area contributed by atoms with E-state index in [1.54, 1.807) is 30.5 Å². The van der Waals surface area contributed by atoms with E-state index < -0.39 is 0 Å². The Hall–Kier alpha value is -3.15. The van der Waals surface area contributed by atoms with Crippen LogP contribution < -0.4 is 10.2 Å². The molecule has 0 fully saturated rings. The SMILES string of the molecule is C[C@H](CNc1ccc2ncccc2c1[N+](=O)[O-])N(C)c1ccccc1. The number of pyridine rings is 1. The Kier molecular flexibility index (Phi) is 4.79. The minimum atomic E-state index is -0.349. The molecule has 1 heterocycles. The van der Waals surface area contributed by atoms with Gasteiger partial charge in [-0.05, 0) is 43.3 Å². The average molecular weight is 336 g/mol. The normalized spacial score (nSPS) is 11.9. The minimum Gasteiger partial charge on any atom is -0.377 e. The van der Waals surface area contributed by atoms with Gasteiger partial charge in [0.05, 0.1) is 15.8 Å². The van der Waals surface area contributed by atoms with E-state index in [4.69, 9.17) is 0 Å².